The summed E-state index contributed by atoms with van der Waals surface area (Å²) in [5, 5.41) is 12.0. The van der Waals surface area contributed by atoms with Gasteiger partial charge in [-0.15, -0.1) is 0 Å². The SMILES string of the molecule is CC(=O)OC1CCC2(C)C(CCC3C4CCC(C(C)OC(C)=O)C4(C)CC(C)(O)C32)C1. The van der Waals surface area contributed by atoms with Crippen LogP contribution >= 0.6 is 0 Å². The lowest BCUT2D eigenvalue weighted by molar-refractivity contribution is -0.225. The first-order valence-electron chi connectivity index (χ1n) is 12.5. The second-order valence-electron chi connectivity index (χ2n) is 12.1. The summed E-state index contributed by atoms with van der Waals surface area (Å²) in [5.41, 5.74) is -0.655. The Morgan fingerprint density at radius 2 is 1.68 bits per heavy atom. The van der Waals surface area contributed by atoms with Crippen molar-refractivity contribution in [3.05, 3.63) is 0 Å². The van der Waals surface area contributed by atoms with Crippen LogP contribution in [0.3, 0.4) is 0 Å². The van der Waals surface area contributed by atoms with Crippen molar-refractivity contribution in [2.75, 3.05) is 0 Å². The van der Waals surface area contributed by atoms with E-state index in [2.05, 4.69) is 20.8 Å². The average molecular weight is 435 g/mol. The maximum atomic E-state index is 12.0. The van der Waals surface area contributed by atoms with Crippen LogP contribution in [0.25, 0.3) is 0 Å². The molecule has 4 fully saturated rings. The first-order chi connectivity index (χ1) is 14.4. The molecule has 1 N–H and O–H groups in total. The second kappa shape index (κ2) is 7.74. The summed E-state index contributed by atoms with van der Waals surface area (Å²) >= 11 is 0. The van der Waals surface area contributed by atoms with Crippen LogP contribution in [0, 0.1) is 40.4 Å². The summed E-state index contributed by atoms with van der Waals surface area (Å²) in [5.74, 6) is 1.77. The van der Waals surface area contributed by atoms with E-state index in [1.807, 2.05) is 6.92 Å². The molecule has 0 saturated heterocycles. The fraction of sp³-hybridized carbons (Fsp3) is 0.923. The van der Waals surface area contributed by atoms with E-state index in [1.165, 1.54) is 20.3 Å². The summed E-state index contributed by atoms with van der Waals surface area (Å²) in [6, 6.07) is 0. The molecule has 10 atom stereocenters. The summed E-state index contributed by atoms with van der Waals surface area (Å²) in [4.78, 5) is 23.1. The molecule has 176 valence electrons. The lowest BCUT2D eigenvalue weighted by atomic mass is 9.41. The Balaban J connectivity index is 1.60. The standard InChI is InChI=1S/C26H42O5/c1-15(30-16(2)27)21-9-10-22-20-8-7-18-13-19(31-17(3)28)11-12-24(18,4)23(20)26(6,29)14-25(21,22)5/h15,18-23,29H,7-14H2,1-6H3. The molecule has 5 nitrogen and oxygen atoms in total. The Hall–Kier alpha value is -1.10. The molecule has 5 heteroatoms. The maximum Gasteiger partial charge on any atom is 0.302 e. The number of hydrogen-bond acceptors (Lipinski definition) is 5. The van der Waals surface area contributed by atoms with Crippen molar-refractivity contribution in [3.63, 3.8) is 0 Å². The van der Waals surface area contributed by atoms with Crippen molar-refractivity contribution in [2.24, 2.45) is 40.4 Å². The predicted octanol–water partition coefficient (Wildman–Crippen LogP) is 4.89. The van der Waals surface area contributed by atoms with Crippen molar-refractivity contribution in [1.82, 2.24) is 0 Å². The topological polar surface area (TPSA) is 72.8 Å². The predicted molar refractivity (Wildman–Crippen MR) is 118 cm³/mol. The zero-order chi connectivity index (χ0) is 22.8. The molecule has 0 amide bonds. The number of hydrogen-bond donors (Lipinski definition) is 1. The number of fused-ring (bicyclic) bond motifs is 5. The molecule has 4 rings (SSSR count). The van der Waals surface area contributed by atoms with Crippen LogP contribution in [0.1, 0.15) is 92.9 Å². The minimum Gasteiger partial charge on any atom is -0.463 e. The molecule has 0 radical (unpaired) electrons. The van der Waals surface area contributed by atoms with Crippen LogP contribution in [-0.4, -0.2) is 34.9 Å². The number of rotatable bonds is 3. The molecule has 10 unspecified atom stereocenters. The summed E-state index contributed by atoms with van der Waals surface area (Å²) in [7, 11) is 0. The van der Waals surface area contributed by atoms with E-state index in [9.17, 15) is 14.7 Å². The van der Waals surface area contributed by atoms with Gasteiger partial charge in [-0.1, -0.05) is 13.8 Å². The van der Waals surface area contributed by atoms with Gasteiger partial charge >= 0.3 is 11.9 Å². The largest absolute Gasteiger partial charge is 0.463 e. The minimum absolute atomic E-state index is 0.00231. The molecule has 0 bridgehead atoms. The van der Waals surface area contributed by atoms with Gasteiger partial charge in [0.15, 0.2) is 0 Å². The number of aliphatic hydroxyl groups is 1. The molecule has 31 heavy (non-hydrogen) atoms. The van der Waals surface area contributed by atoms with E-state index >= 15 is 0 Å². The van der Waals surface area contributed by atoms with E-state index in [1.54, 1.807) is 0 Å². The molecular formula is C26H42O5. The first-order valence-corrected chi connectivity index (χ1v) is 12.5. The van der Waals surface area contributed by atoms with Crippen LogP contribution < -0.4 is 0 Å². The Bertz CT molecular complexity index is 731. The smallest absolute Gasteiger partial charge is 0.302 e. The zero-order valence-corrected chi connectivity index (χ0v) is 20.3. The van der Waals surface area contributed by atoms with Crippen molar-refractivity contribution in [2.45, 2.75) is 111 Å². The summed E-state index contributed by atoms with van der Waals surface area (Å²) in [6.45, 7) is 11.9. The van der Waals surface area contributed by atoms with Crippen LogP contribution in [-0.2, 0) is 19.1 Å². The summed E-state index contributed by atoms with van der Waals surface area (Å²) in [6.07, 6.45) is 8.09. The Morgan fingerprint density at radius 1 is 0.968 bits per heavy atom. The van der Waals surface area contributed by atoms with E-state index in [0.29, 0.717) is 23.7 Å². The first kappa shape index (κ1) is 23.1. The fourth-order valence-electron chi connectivity index (χ4n) is 9.49. The van der Waals surface area contributed by atoms with Crippen LogP contribution in [0.4, 0.5) is 0 Å². The fourth-order valence-corrected chi connectivity index (χ4v) is 9.49. The molecule has 0 aromatic carbocycles. The van der Waals surface area contributed by atoms with Gasteiger partial charge in [0.2, 0.25) is 0 Å². The highest BCUT2D eigenvalue weighted by Crippen LogP contribution is 2.70. The molecule has 4 aliphatic carbocycles. The molecule has 4 aliphatic rings. The molecule has 4 saturated carbocycles. The molecular weight excluding hydrogens is 392 g/mol. The average Bonchev–Trinajstić information content (AvgIpc) is 2.96. The van der Waals surface area contributed by atoms with Crippen molar-refractivity contribution in [3.8, 4) is 0 Å². The molecule has 0 heterocycles. The van der Waals surface area contributed by atoms with Gasteiger partial charge in [-0.2, -0.15) is 0 Å². The van der Waals surface area contributed by atoms with Gasteiger partial charge in [0, 0.05) is 19.8 Å². The van der Waals surface area contributed by atoms with Crippen LogP contribution in [0.15, 0.2) is 0 Å². The minimum atomic E-state index is -0.740. The van der Waals surface area contributed by atoms with Crippen molar-refractivity contribution < 1.29 is 24.2 Å². The van der Waals surface area contributed by atoms with Crippen LogP contribution in [0.2, 0.25) is 0 Å². The van der Waals surface area contributed by atoms with Gasteiger partial charge < -0.3 is 14.6 Å². The Labute approximate surface area is 187 Å². The second-order valence-corrected chi connectivity index (χ2v) is 12.1. The van der Waals surface area contributed by atoms with Gasteiger partial charge in [0.25, 0.3) is 0 Å². The lowest BCUT2D eigenvalue weighted by Crippen LogP contribution is -2.64. The van der Waals surface area contributed by atoms with E-state index < -0.39 is 5.60 Å². The van der Waals surface area contributed by atoms with Gasteiger partial charge in [-0.3, -0.25) is 9.59 Å². The highest BCUT2D eigenvalue weighted by atomic mass is 16.5. The normalized spacial score (nSPS) is 49.9. The number of ether oxygens (including phenoxy) is 2. The molecule has 0 aromatic rings. The Morgan fingerprint density at radius 3 is 2.32 bits per heavy atom. The number of carbonyl (C=O) groups is 2. The molecule has 0 aliphatic heterocycles. The zero-order valence-electron chi connectivity index (χ0n) is 20.3. The quantitative estimate of drug-likeness (QED) is 0.640. The van der Waals surface area contributed by atoms with Crippen LogP contribution in [0.5, 0.6) is 0 Å². The monoisotopic (exact) mass is 434 g/mol. The van der Waals surface area contributed by atoms with Gasteiger partial charge in [-0.05, 0) is 99.7 Å². The lowest BCUT2D eigenvalue weighted by Gasteiger charge is -2.65. The van der Waals surface area contributed by atoms with Gasteiger partial charge in [0.1, 0.15) is 12.2 Å². The van der Waals surface area contributed by atoms with E-state index in [-0.39, 0.29) is 40.9 Å². The third-order valence-electron chi connectivity index (χ3n) is 10.1. The summed E-state index contributed by atoms with van der Waals surface area (Å²) < 4.78 is 11.2. The third kappa shape index (κ3) is 3.73. The van der Waals surface area contributed by atoms with E-state index in [4.69, 9.17) is 9.47 Å². The highest BCUT2D eigenvalue weighted by molar-refractivity contribution is 5.66. The van der Waals surface area contributed by atoms with Gasteiger partial charge in [-0.25, -0.2) is 0 Å². The molecule has 0 aromatic heterocycles. The van der Waals surface area contributed by atoms with Crippen molar-refractivity contribution >= 4 is 11.9 Å². The van der Waals surface area contributed by atoms with Crippen molar-refractivity contribution in [1.29, 1.82) is 0 Å². The van der Waals surface area contributed by atoms with E-state index in [0.717, 1.165) is 44.9 Å². The maximum absolute atomic E-state index is 12.0. The van der Waals surface area contributed by atoms with Gasteiger partial charge in [0.05, 0.1) is 5.60 Å². The highest BCUT2D eigenvalue weighted by Gasteiger charge is 2.67. The Kier molecular flexibility index (Phi) is 5.76. The number of esters is 2. The number of carbonyl (C=O) groups excluding carboxylic acids is 2. The molecule has 0 spiro atoms. The third-order valence-corrected chi connectivity index (χ3v) is 10.1.